The van der Waals surface area contributed by atoms with Crippen molar-refractivity contribution < 1.29 is 9.53 Å². The van der Waals surface area contributed by atoms with Crippen LogP contribution >= 0.6 is 0 Å². The maximum absolute atomic E-state index is 13.7. The summed E-state index contributed by atoms with van der Waals surface area (Å²) >= 11 is 0. The SMILES string of the molecule is CCOc1ccccc1CN1CCC(N2C(=O)NCCCc3ccccc3C2c2ccccc2)CC1. The Kier molecular flexibility index (Phi) is 7.87. The standard InChI is InChI=1S/C31H37N3O2/c1-2-36-29-17-9-7-14-26(29)23-33-21-18-27(19-22-33)34-30(25-12-4-3-5-13-25)28-16-8-6-11-24(28)15-10-20-32-31(34)35/h3-9,11-14,16-17,27,30H,2,10,15,18-23H2,1H3,(H,32,35). The zero-order valence-corrected chi connectivity index (χ0v) is 21.2. The Morgan fingerprint density at radius 1 is 0.917 bits per heavy atom. The van der Waals surface area contributed by atoms with Gasteiger partial charge in [0.1, 0.15) is 5.75 Å². The number of nitrogens with zero attached hydrogens (tertiary/aromatic N) is 2. The van der Waals surface area contributed by atoms with E-state index in [0.29, 0.717) is 13.2 Å². The molecule has 5 nitrogen and oxygen atoms in total. The Morgan fingerprint density at radius 2 is 1.64 bits per heavy atom. The van der Waals surface area contributed by atoms with E-state index < -0.39 is 0 Å². The summed E-state index contributed by atoms with van der Waals surface area (Å²) < 4.78 is 5.85. The van der Waals surface area contributed by atoms with Crippen LogP contribution in [0.1, 0.15) is 54.5 Å². The Morgan fingerprint density at radius 3 is 2.44 bits per heavy atom. The molecule has 2 amide bonds. The first kappa shape index (κ1) is 24.4. The number of benzene rings is 3. The minimum absolute atomic E-state index is 0.0562. The molecule has 36 heavy (non-hydrogen) atoms. The van der Waals surface area contributed by atoms with Gasteiger partial charge in [-0.2, -0.15) is 0 Å². The molecule has 3 aromatic carbocycles. The monoisotopic (exact) mass is 483 g/mol. The molecule has 5 rings (SSSR count). The number of carbonyl (C=O) groups is 1. The van der Waals surface area contributed by atoms with Crippen molar-refractivity contribution in [2.45, 2.75) is 51.2 Å². The lowest BCUT2D eigenvalue weighted by molar-refractivity contribution is 0.101. The van der Waals surface area contributed by atoms with Crippen molar-refractivity contribution >= 4 is 6.03 Å². The van der Waals surface area contributed by atoms with Gasteiger partial charge in [-0.3, -0.25) is 4.90 Å². The van der Waals surface area contributed by atoms with Gasteiger partial charge in [0.2, 0.25) is 0 Å². The summed E-state index contributed by atoms with van der Waals surface area (Å²) in [6.07, 6.45) is 3.84. The molecule has 0 spiro atoms. The fourth-order valence-corrected chi connectivity index (χ4v) is 5.74. The Bertz CT molecular complexity index is 1140. The number of carbonyl (C=O) groups excluding carboxylic acids is 1. The average Bonchev–Trinajstić information content (AvgIpc) is 2.99. The van der Waals surface area contributed by atoms with Crippen molar-refractivity contribution in [1.82, 2.24) is 15.1 Å². The minimum atomic E-state index is -0.0873. The summed E-state index contributed by atoms with van der Waals surface area (Å²) in [7, 11) is 0. The third kappa shape index (κ3) is 5.41. The highest BCUT2D eigenvalue weighted by Gasteiger charge is 2.36. The third-order valence-electron chi connectivity index (χ3n) is 7.49. The molecule has 3 aromatic rings. The number of hydrogen-bond donors (Lipinski definition) is 1. The number of hydrogen-bond acceptors (Lipinski definition) is 3. The molecule has 0 radical (unpaired) electrons. The van der Waals surface area contributed by atoms with E-state index in [1.807, 2.05) is 19.1 Å². The van der Waals surface area contributed by atoms with Crippen LogP contribution in [0.25, 0.3) is 0 Å². The Hall–Kier alpha value is -3.31. The van der Waals surface area contributed by atoms with Crippen LogP contribution in [0.4, 0.5) is 4.79 Å². The molecule has 5 heteroatoms. The Labute approximate surface area is 215 Å². The number of urea groups is 1. The van der Waals surface area contributed by atoms with Crippen LogP contribution in [-0.4, -0.2) is 48.1 Å². The van der Waals surface area contributed by atoms with Crippen LogP contribution in [-0.2, 0) is 13.0 Å². The average molecular weight is 484 g/mol. The van der Waals surface area contributed by atoms with Crippen molar-refractivity contribution in [2.24, 2.45) is 0 Å². The molecule has 0 aliphatic carbocycles. The molecular formula is C31H37N3O2. The van der Waals surface area contributed by atoms with E-state index >= 15 is 0 Å². The zero-order chi connectivity index (χ0) is 24.7. The van der Waals surface area contributed by atoms with Crippen LogP contribution in [0.5, 0.6) is 5.75 Å². The molecule has 0 bridgehead atoms. The van der Waals surface area contributed by atoms with Crippen molar-refractivity contribution in [3.05, 3.63) is 101 Å². The molecule has 1 fully saturated rings. The second-order valence-corrected chi connectivity index (χ2v) is 9.80. The van der Waals surface area contributed by atoms with Gasteiger partial charge in [0.15, 0.2) is 0 Å². The van der Waals surface area contributed by atoms with Crippen LogP contribution < -0.4 is 10.1 Å². The lowest BCUT2D eigenvalue weighted by Gasteiger charge is -2.43. The number of para-hydroxylation sites is 1. The van der Waals surface area contributed by atoms with Crippen LogP contribution in [0.3, 0.4) is 0 Å². The van der Waals surface area contributed by atoms with Gasteiger partial charge >= 0.3 is 6.03 Å². The summed E-state index contributed by atoms with van der Waals surface area (Å²) in [5.74, 6) is 0.974. The molecule has 1 saturated heterocycles. The highest BCUT2D eigenvalue weighted by Crippen LogP contribution is 2.36. The van der Waals surface area contributed by atoms with Gasteiger partial charge in [-0.25, -0.2) is 4.79 Å². The maximum atomic E-state index is 13.7. The molecule has 2 aliphatic heterocycles. The highest BCUT2D eigenvalue weighted by atomic mass is 16.5. The highest BCUT2D eigenvalue weighted by molar-refractivity contribution is 5.76. The first-order chi connectivity index (χ1) is 17.7. The number of aryl methyl sites for hydroxylation is 1. The predicted octanol–water partition coefficient (Wildman–Crippen LogP) is 5.80. The molecule has 1 atom stereocenters. The number of piperidine rings is 1. The van der Waals surface area contributed by atoms with Crippen LogP contribution in [0.15, 0.2) is 78.9 Å². The summed E-state index contributed by atoms with van der Waals surface area (Å²) in [5.41, 5.74) is 5.01. The van der Waals surface area contributed by atoms with E-state index in [1.165, 1.54) is 22.3 Å². The predicted molar refractivity (Wildman–Crippen MR) is 144 cm³/mol. The maximum Gasteiger partial charge on any atom is 0.318 e. The lowest BCUT2D eigenvalue weighted by Crippen LogP contribution is -2.52. The van der Waals surface area contributed by atoms with Gasteiger partial charge < -0.3 is 15.0 Å². The smallest absolute Gasteiger partial charge is 0.318 e. The number of rotatable bonds is 6. The van der Waals surface area contributed by atoms with Crippen molar-refractivity contribution in [2.75, 3.05) is 26.2 Å². The van der Waals surface area contributed by atoms with Crippen LogP contribution in [0.2, 0.25) is 0 Å². The summed E-state index contributed by atoms with van der Waals surface area (Å²) in [5, 5.41) is 3.24. The van der Waals surface area contributed by atoms with E-state index in [2.05, 4.69) is 81.8 Å². The second-order valence-electron chi connectivity index (χ2n) is 9.80. The zero-order valence-electron chi connectivity index (χ0n) is 21.2. The van der Waals surface area contributed by atoms with E-state index in [9.17, 15) is 4.79 Å². The second kappa shape index (κ2) is 11.6. The van der Waals surface area contributed by atoms with Gasteiger partial charge in [0, 0.05) is 37.8 Å². The number of nitrogens with one attached hydrogen (secondary N) is 1. The van der Waals surface area contributed by atoms with E-state index in [0.717, 1.165) is 51.1 Å². The third-order valence-corrected chi connectivity index (χ3v) is 7.49. The van der Waals surface area contributed by atoms with E-state index in [1.54, 1.807) is 0 Å². The summed E-state index contributed by atoms with van der Waals surface area (Å²) in [6, 6.07) is 27.7. The summed E-state index contributed by atoms with van der Waals surface area (Å²) in [6.45, 7) is 6.19. The van der Waals surface area contributed by atoms with Gasteiger partial charge in [0.25, 0.3) is 0 Å². The van der Waals surface area contributed by atoms with Gasteiger partial charge in [0.05, 0.1) is 12.6 Å². The first-order valence-electron chi connectivity index (χ1n) is 13.4. The van der Waals surface area contributed by atoms with Gasteiger partial charge in [-0.05, 0) is 55.4 Å². The number of likely N-dealkylation sites (tertiary alicyclic amines) is 1. The van der Waals surface area contributed by atoms with Crippen molar-refractivity contribution in [3.8, 4) is 5.75 Å². The molecule has 0 aromatic heterocycles. The van der Waals surface area contributed by atoms with E-state index in [-0.39, 0.29) is 18.1 Å². The fraction of sp³-hybridized carbons (Fsp3) is 0.387. The fourth-order valence-electron chi connectivity index (χ4n) is 5.74. The van der Waals surface area contributed by atoms with Gasteiger partial charge in [-0.1, -0.05) is 72.8 Å². The number of ether oxygens (including phenoxy) is 1. The Balaban J connectivity index is 1.40. The quantitative estimate of drug-likeness (QED) is 0.482. The molecule has 1 N–H and O–H groups in total. The topological polar surface area (TPSA) is 44.8 Å². The number of amides is 2. The lowest BCUT2D eigenvalue weighted by atomic mass is 9.89. The molecule has 188 valence electrons. The molecule has 0 saturated carbocycles. The van der Waals surface area contributed by atoms with Crippen molar-refractivity contribution in [3.63, 3.8) is 0 Å². The molecular weight excluding hydrogens is 446 g/mol. The summed E-state index contributed by atoms with van der Waals surface area (Å²) in [4.78, 5) is 18.3. The number of fused-ring (bicyclic) bond motifs is 1. The minimum Gasteiger partial charge on any atom is -0.494 e. The largest absolute Gasteiger partial charge is 0.494 e. The molecule has 2 heterocycles. The van der Waals surface area contributed by atoms with E-state index in [4.69, 9.17) is 4.74 Å². The normalized spacial score (nSPS) is 19.5. The first-order valence-corrected chi connectivity index (χ1v) is 13.4. The molecule has 1 unspecified atom stereocenters. The van der Waals surface area contributed by atoms with Crippen LogP contribution in [0, 0.1) is 0 Å². The molecule has 2 aliphatic rings. The van der Waals surface area contributed by atoms with Gasteiger partial charge in [-0.15, -0.1) is 0 Å². The van der Waals surface area contributed by atoms with Crippen molar-refractivity contribution in [1.29, 1.82) is 0 Å².